The predicted molar refractivity (Wildman–Crippen MR) is 39.7 cm³/mol. The van der Waals surface area contributed by atoms with Gasteiger partial charge in [-0.05, 0) is 38.0 Å². The number of rotatable bonds is 2. The third kappa shape index (κ3) is 2.27. The molecular weight excluding hydrogens is 128 g/mol. The highest BCUT2D eigenvalue weighted by molar-refractivity contribution is 4.70. The van der Waals surface area contributed by atoms with E-state index in [1.807, 2.05) is 0 Å². The van der Waals surface area contributed by atoms with Crippen LogP contribution in [0, 0.1) is 5.92 Å². The molecule has 2 nitrogen and oxygen atoms in total. The quantitative estimate of drug-likeness (QED) is 0.605. The zero-order valence-electron chi connectivity index (χ0n) is 6.29. The van der Waals surface area contributed by atoms with E-state index >= 15 is 0 Å². The second-order valence-electron chi connectivity index (χ2n) is 3.19. The highest BCUT2D eigenvalue weighted by Gasteiger charge is 2.18. The fourth-order valence-electron chi connectivity index (χ4n) is 1.62. The van der Waals surface area contributed by atoms with Gasteiger partial charge in [0.2, 0.25) is 0 Å². The summed E-state index contributed by atoms with van der Waals surface area (Å²) >= 11 is 0. The third-order valence-corrected chi connectivity index (χ3v) is 2.35. The summed E-state index contributed by atoms with van der Waals surface area (Å²) in [4.78, 5) is 0. The van der Waals surface area contributed by atoms with Gasteiger partial charge in [-0.25, -0.2) is 0 Å². The fourth-order valence-corrected chi connectivity index (χ4v) is 1.62. The van der Waals surface area contributed by atoms with Crippen molar-refractivity contribution in [1.82, 2.24) is 0 Å². The lowest BCUT2D eigenvalue weighted by Crippen LogP contribution is -2.18. The number of aliphatic hydroxyl groups excluding tert-OH is 2. The van der Waals surface area contributed by atoms with Crippen molar-refractivity contribution in [2.45, 2.75) is 38.2 Å². The average Bonchev–Trinajstić information content (AvgIpc) is 1.95. The maximum absolute atomic E-state index is 9.13. The van der Waals surface area contributed by atoms with Crippen LogP contribution in [-0.4, -0.2) is 22.9 Å². The Bertz CT molecular complexity index is 85.3. The molecule has 0 aromatic rings. The smallest absolute Gasteiger partial charge is 0.0540 e. The summed E-state index contributed by atoms with van der Waals surface area (Å²) in [7, 11) is 0. The molecule has 1 aliphatic carbocycles. The van der Waals surface area contributed by atoms with Crippen LogP contribution >= 0.6 is 0 Å². The summed E-state index contributed by atoms with van der Waals surface area (Å²) < 4.78 is 0. The van der Waals surface area contributed by atoms with Gasteiger partial charge in [0.15, 0.2) is 0 Å². The number of hydrogen-bond donors (Lipinski definition) is 2. The molecule has 0 heterocycles. The predicted octanol–water partition coefficient (Wildman–Crippen LogP) is 0.920. The van der Waals surface area contributed by atoms with E-state index in [2.05, 4.69) is 0 Å². The molecule has 0 unspecified atom stereocenters. The lowest BCUT2D eigenvalue weighted by Gasteiger charge is -2.24. The van der Waals surface area contributed by atoms with Crippen molar-refractivity contribution in [1.29, 1.82) is 0 Å². The molecule has 0 radical (unpaired) electrons. The average molecular weight is 144 g/mol. The Morgan fingerprint density at radius 2 is 1.70 bits per heavy atom. The highest BCUT2D eigenvalue weighted by Crippen LogP contribution is 2.26. The molecule has 2 N–H and O–H groups in total. The summed E-state index contributed by atoms with van der Waals surface area (Å²) in [5.41, 5.74) is 0. The van der Waals surface area contributed by atoms with Crippen molar-refractivity contribution in [2.24, 2.45) is 5.92 Å². The zero-order chi connectivity index (χ0) is 7.40. The molecule has 1 fully saturated rings. The molecule has 0 aromatic carbocycles. The first-order chi connectivity index (χ1) is 4.83. The monoisotopic (exact) mass is 144 g/mol. The van der Waals surface area contributed by atoms with Gasteiger partial charge in [-0.1, -0.05) is 0 Å². The summed E-state index contributed by atoms with van der Waals surface area (Å²) in [6, 6.07) is 0. The second-order valence-corrected chi connectivity index (χ2v) is 3.19. The molecule has 0 atom stereocenters. The van der Waals surface area contributed by atoms with Gasteiger partial charge >= 0.3 is 0 Å². The van der Waals surface area contributed by atoms with Crippen LogP contribution in [0.3, 0.4) is 0 Å². The van der Waals surface area contributed by atoms with Crippen molar-refractivity contribution < 1.29 is 10.2 Å². The van der Waals surface area contributed by atoms with Gasteiger partial charge in [-0.2, -0.15) is 0 Å². The molecule has 1 rings (SSSR count). The van der Waals surface area contributed by atoms with Gasteiger partial charge in [0, 0.05) is 6.61 Å². The van der Waals surface area contributed by atoms with E-state index in [1.54, 1.807) is 0 Å². The topological polar surface area (TPSA) is 40.5 Å². The van der Waals surface area contributed by atoms with E-state index < -0.39 is 0 Å². The van der Waals surface area contributed by atoms with Gasteiger partial charge in [0.05, 0.1) is 6.10 Å². The maximum Gasteiger partial charge on any atom is 0.0540 e. The highest BCUT2D eigenvalue weighted by atomic mass is 16.3. The van der Waals surface area contributed by atoms with Crippen LogP contribution in [0.2, 0.25) is 0 Å². The lowest BCUT2D eigenvalue weighted by atomic mass is 9.86. The zero-order valence-corrected chi connectivity index (χ0v) is 6.29. The Hall–Kier alpha value is -0.0800. The molecule has 0 bridgehead atoms. The molecule has 60 valence electrons. The van der Waals surface area contributed by atoms with E-state index in [9.17, 15) is 0 Å². The van der Waals surface area contributed by atoms with Gasteiger partial charge in [0.1, 0.15) is 0 Å². The summed E-state index contributed by atoms with van der Waals surface area (Å²) in [5.74, 6) is 0.674. The Morgan fingerprint density at radius 3 is 2.20 bits per heavy atom. The largest absolute Gasteiger partial charge is 0.396 e. The summed E-state index contributed by atoms with van der Waals surface area (Å²) in [6.07, 6.45) is 4.93. The van der Waals surface area contributed by atoms with Crippen molar-refractivity contribution >= 4 is 0 Å². The minimum atomic E-state index is -0.0602. The van der Waals surface area contributed by atoms with Crippen molar-refractivity contribution in [3.8, 4) is 0 Å². The SMILES string of the molecule is OCCC1CCC(O)CC1. The Kier molecular flexibility index (Phi) is 3.16. The van der Waals surface area contributed by atoms with Gasteiger partial charge in [0.25, 0.3) is 0 Å². The summed E-state index contributed by atoms with van der Waals surface area (Å²) in [5, 5.41) is 17.8. The molecule has 0 amide bonds. The lowest BCUT2D eigenvalue weighted by molar-refractivity contribution is 0.0998. The van der Waals surface area contributed by atoms with Crippen molar-refractivity contribution in [2.75, 3.05) is 6.61 Å². The van der Waals surface area contributed by atoms with Gasteiger partial charge in [-0.3, -0.25) is 0 Å². The van der Waals surface area contributed by atoms with Crippen LogP contribution in [0.15, 0.2) is 0 Å². The van der Waals surface area contributed by atoms with E-state index in [0.717, 1.165) is 32.1 Å². The van der Waals surface area contributed by atoms with E-state index in [-0.39, 0.29) is 6.10 Å². The third-order valence-electron chi connectivity index (χ3n) is 2.35. The second kappa shape index (κ2) is 3.94. The molecule has 1 saturated carbocycles. The molecule has 0 aliphatic heterocycles. The number of aliphatic hydroxyl groups is 2. The van der Waals surface area contributed by atoms with Crippen LogP contribution in [0.5, 0.6) is 0 Å². The normalized spacial score (nSPS) is 34.2. The van der Waals surface area contributed by atoms with E-state index in [0.29, 0.717) is 12.5 Å². The molecule has 2 heteroatoms. The molecular formula is C8H16O2. The first kappa shape index (κ1) is 8.02. The van der Waals surface area contributed by atoms with E-state index in [4.69, 9.17) is 10.2 Å². The Labute approximate surface area is 61.9 Å². The standard InChI is InChI=1S/C8H16O2/c9-6-5-7-1-3-8(10)4-2-7/h7-10H,1-6H2. The molecule has 0 saturated heterocycles. The fraction of sp³-hybridized carbons (Fsp3) is 1.00. The minimum Gasteiger partial charge on any atom is -0.396 e. The first-order valence-corrected chi connectivity index (χ1v) is 4.12. The molecule has 0 spiro atoms. The molecule has 1 aliphatic rings. The minimum absolute atomic E-state index is 0.0602. The Balaban J connectivity index is 2.13. The maximum atomic E-state index is 9.13. The van der Waals surface area contributed by atoms with Crippen molar-refractivity contribution in [3.63, 3.8) is 0 Å². The first-order valence-electron chi connectivity index (χ1n) is 4.12. The van der Waals surface area contributed by atoms with Crippen LogP contribution in [0.1, 0.15) is 32.1 Å². The number of hydrogen-bond acceptors (Lipinski definition) is 2. The molecule has 0 aromatic heterocycles. The van der Waals surface area contributed by atoms with E-state index in [1.165, 1.54) is 0 Å². The molecule has 10 heavy (non-hydrogen) atoms. The van der Waals surface area contributed by atoms with Gasteiger partial charge < -0.3 is 10.2 Å². The van der Waals surface area contributed by atoms with Crippen LogP contribution in [0.25, 0.3) is 0 Å². The van der Waals surface area contributed by atoms with Crippen LogP contribution in [0.4, 0.5) is 0 Å². The van der Waals surface area contributed by atoms with Crippen molar-refractivity contribution in [3.05, 3.63) is 0 Å². The summed E-state index contributed by atoms with van der Waals surface area (Å²) in [6.45, 7) is 0.306. The van der Waals surface area contributed by atoms with Gasteiger partial charge in [-0.15, -0.1) is 0 Å². The van der Waals surface area contributed by atoms with Crippen LogP contribution in [-0.2, 0) is 0 Å². The Morgan fingerprint density at radius 1 is 1.10 bits per heavy atom. The van der Waals surface area contributed by atoms with Crippen LogP contribution < -0.4 is 0 Å².